The van der Waals surface area contributed by atoms with E-state index in [1.165, 1.54) is 14.2 Å². The molecule has 1 unspecified atom stereocenters. The van der Waals surface area contributed by atoms with Crippen molar-refractivity contribution in [3.05, 3.63) is 36.4 Å². The zero-order valence-electron chi connectivity index (χ0n) is 17.0. The van der Waals surface area contributed by atoms with E-state index in [1.54, 1.807) is 13.8 Å². The Hall–Kier alpha value is -2.30. The first kappa shape index (κ1) is 21.7. The monoisotopic (exact) mass is 361 g/mol. The molecule has 0 amide bonds. The van der Waals surface area contributed by atoms with Gasteiger partial charge in [0.25, 0.3) is 0 Å². The van der Waals surface area contributed by atoms with E-state index in [2.05, 4.69) is 6.58 Å². The molecule has 0 aliphatic rings. The molecular weight excluding hydrogens is 330 g/mol. The van der Waals surface area contributed by atoms with Crippen LogP contribution in [0.15, 0.2) is 30.8 Å². The summed E-state index contributed by atoms with van der Waals surface area (Å²) >= 11 is 0. The normalized spacial score (nSPS) is 13.5. The SMILES string of the molecule is C=C(CC(C)(CC(C)(C)C(=O)OC)C(=O)OC)c1ccc(N(C)C)cc1. The Bertz CT molecular complexity index is 661. The molecule has 26 heavy (non-hydrogen) atoms. The first-order valence-electron chi connectivity index (χ1n) is 8.59. The molecule has 144 valence electrons. The van der Waals surface area contributed by atoms with E-state index in [9.17, 15) is 9.59 Å². The predicted molar refractivity (Wildman–Crippen MR) is 105 cm³/mol. The summed E-state index contributed by atoms with van der Waals surface area (Å²) in [7, 11) is 6.67. The fourth-order valence-corrected chi connectivity index (χ4v) is 3.35. The number of benzene rings is 1. The highest BCUT2D eigenvalue weighted by atomic mass is 16.5. The first-order valence-corrected chi connectivity index (χ1v) is 8.59. The number of carbonyl (C=O) groups excluding carboxylic acids is 2. The molecule has 0 aliphatic heterocycles. The van der Waals surface area contributed by atoms with Gasteiger partial charge in [-0.05, 0) is 56.9 Å². The molecule has 0 N–H and O–H groups in total. The van der Waals surface area contributed by atoms with Crippen LogP contribution >= 0.6 is 0 Å². The smallest absolute Gasteiger partial charge is 0.311 e. The van der Waals surface area contributed by atoms with Gasteiger partial charge in [-0.3, -0.25) is 9.59 Å². The van der Waals surface area contributed by atoms with Gasteiger partial charge in [0.1, 0.15) is 0 Å². The van der Waals surface area contributed by atoms with Crippen LogP contribution in [-0.4, -0.2) is 40.3 Å². The molecule has 0 saturated carbocycles. The second kappa shape index (κ2) is 8.39. The molecule has 0 aromatic heterocycles. The summed E-state index contributed by atoms with van der Waals surface area (Å²) in [5.41, 5.74) is 1.17. The van der Waals surface area contributed by atoms with Crippen molar-refractivity contribution in [1.29, 1.82) is 0 Å². The van der Waals surface area contributed by atoms with Gasteiger partial charge in [-0.15, -0.1) is 0 Å². The largest absolute Gasteiger partial charge is 0.469 e. The topological polar surface area (TPSA) is 55.8 Å². The number of anilines is 1. The van der Waals surface area contributed by atoms with E-state index in [0.29, 0.717) is 12.8 Å². The molecule has 0 aliphatic carbocycles. The van der Waals surface area contributed by atoms with Gasteiger partial charge in [-0.2, -0.15) is 0 Å². The number of rotatable bonds is 8. The number of allylic oxidation sites excluding steroid dienone is 1. The molecule has 1 aromatic rings. The van der Waals surface area contributed by atoms with Crippen LogP contribution in [0.2, 0.25) is 0 Å². The molecule has 0 spiro atoms. The maximum atomic E-state index is 12.5. The Balaban J connectivity index is 3.08. The summed E-state index contributed by atoms with van der Waals surface area (Å²) < 4.78 is 9.90. The predicted octanol–water partition coefficient (Wildman–Crippen LogP) is 3.92. The molecule has 5 nitrogen and oxygen atoms in total. The van der Waals surface area contributed by atoms with Gasteiger partial charge in [0.05, 0.1) is 25.0 Å². The third-order valence-corrected chi connectivity index (χ3v) is 4.64. The Morgan fingerprint density at radius 3 is 1.92 bits per heavy atom. The minimum Gasteiger partial charge on any atom is -0.469 e. The lowest BCUT2D eigenvalue weighted by Gasteiger charge is -2.34. The highest BCUT2D eigenvalue weighted by Gasteiger charge is 2.43. The van der Waals surface area contributed by atoms with E-state index >= 15 is 0 Å². The molecule has 0 saturated heterocycles. The van der Waals surface area contributed by atoms with Crippen LogP contribution in [0.5, 0.6) is 0 Å². The summed E-state index contributed by atoms with van der Waals surface area (Å²) in [6.45, 7) is 9.51. The maximum Gasteiger partial charge on any atom is 0.311 e. The highest BCUT2D eigenvalue weighted by Crippen LogP contribution is 2.42. The van der Waals surface area contributed by atoms with E-state index in [0.717, 1.165) is 16.8 Å². The minimum absolute atomic E-state index is 0.300. The molecular formula is C21H31NO4. The third kappa shape index (κ3) is 5.10. The van der Waals surface area contributed by atoms with Crippen molar-refractivity contribution < 1.29 is 19.1 Å². The van der Waals surface area contributed by atoms with Crippen LogP contribution in [0.25, 0.3) is 5.57 Å². The highest BCUT2D eigenvalue weighted by molar-refractivity contribution is 5.82. The van der Waals surface area contributed by atoms with E-state index in [-0.39, 0.29) is 11.9 Å². The maximum absolute atomic E-state index is 12.5. The fraction of sp³-hybridized carbons (Fsp3) is 0.524. The molecule has 0 heterocycles. The minimum atomic E-state index is -0.885. The first-order chi connectivity index (χ1) is 12.0. The summed E-state index contributed by atoms with van der Waals surface area (Å²) in [4.78, 5) is 26.6. The second-order valence-electron chi connectivity index (χ2n) is 7.83. The lowest BCUT2D eigenvalue weighted by molar-refractivity contribution is -0.159. The number of methoxy groups -OCH3 is 2. The Morgan fingerprint density at radius 1 is 1.00 bits per heavy atom. The van der Waals surface area contributed by atoms with Crippen molar-refractivity contribution >= 4 is 23.2 Å². The Kier molecular flexibility index (Phi) is 7.01. The van der Waals surface area contributed by atoms with Crippen molar-refractivity contribution in [3.8, 4) is 0 Å². The molecule has 1 atom stereocenters. The molecule has 0 bridgehead atoms. The van der Waals surface area contributed by atoms with Crippen LogP contribution in [0.4, 0.5) is 5.69 Å². The van der Waals surface area contributed by atoms with Crippen molar-refractivity contribution in [2.24, 2.45) is 10.8 Å². The molecule has 5 heteroatoms. The fourth-order valence-electron chi connectivity index (χ4n) is 3.35. The van der Waals surface area contributed by atoms with E-state index < -0.39 is 10.8 Å². The molecule has 1 rings (SSSR count). The summed E-state index contributed by atoms with van der Waals surface area (Å²) in [5.74, 6) is -0.714. The Labute approximate surface area is 157 Å². The number of carbonyl (C=O) groups is 2. The van der Waals surface area contributed by atoms with Crippen LogP contribution < -0.4 is 4.90 Å². The van der Waals surface area contributed by atoms with Crippen molar-refractivity contribution in [1.82, 2.24) is 0 Å². The summed E-state index contributed by atoms with van der Waals surface area (Å²) in [6.07, 6.45) is 0.690. The number of hydrogen-bond donors (Lipinski definition) is 0. The van der Waals surface area contributed by atoms with Gasteiger partial charge in [0.15, 0.2) is 0 Å². The van der Waals surface area contributed by atoms with Crippen LogP contribution in [0.1, 0.15) is 39.2 Å². The van der Waals surface area contributed by atoms with E-state index in [1.807, 2.05) is 50.2 Å². The quantitative estimate of drug-likeness (QED) is 0.657. The van der Waals surface area contributed by atoms with Gasteiger partial charge in [-0.25, -0.2) is 0 Å². The van der Waals surface area contributed by atoms with Crippen LogP contribution in [-0.2, 0) is 19.1 Å². The molecule has 0 fully saturated rings. The van der Waals surface area contributed by atoms with Gasteiger partial charge in [0, 0.05) is 19.8 Å². The van der Waals surface area contributed by atoms with Gasteiger partial charge >= 0.3 is 11.9 Å². The van der Waals surface area contributed by atoms with Gasteiger partial charge in [0.2, 0.25) is 0 Å². The number of esters is 2. The van der Waals surface area contributed by atoms with Gasteiger partial charge in [-0.1, -0.05) is 18.7 Å². The zero-order valence-corrected chi connectivity index (χ0v) is 17.0. The number of ether oxygens (including phenoxy) is 2. The number of hydrogen-bond acceptors (Lipinski definition) is 5. The van der Waals surface area contributed by atoms with Crippen LogP contribution in [0, 0.1) is 10.8 Å². The van der Waals surface area contributed by atoms with Crippen molar-refractivity contribution in [3.63, 3.8) is 0 Å². The average molecular weight is 361 g/mol. The van der Waals surface area contributed by atoms with Crippen molar-refractivity contribution in [2.45, 2.75) is 33.6 Å². The van der Waals surface area contributed by atoms with Crippen LogP contribution in [0.3, 0.4) is 0 Å². The van der Waals surface area contributed by atoms with Crippen molar-refractivity contribution in [2.75, 3.05) is 33.2 Å². The summed E-state index contributed by atoms with van der Waals surface area (Å²) in [6, 6.07) is 7.99. The average Bonchev–Trinajstić information content (AvgIpc) is 2.59. The Morgan fingerprint density at radius 2 is 1.50 bits per heavy atom. The zero-order chi connectivity index (χ0) is 20.1. The lowest BCUT2D eigenvalue weighted by Crippen LogP contribution is -2.38. The van der Waals surface area contributed by atoms with E-state index in [4.69, 9.17) is 9.47 Å². The molecule has 0 radical (unpaired) electrons. The molecule has 1 aromatic carbocycles. The van der Waals surface area contributed by atoms with Gasteiger partial charge < -0.3 is 14.4 Å². The standard InChI is InChI=1S/C21H31NO4/c1-15(16-9-11-17(12-10-16)22(5)6)13-21(4,19(24)26-8)14-20(2,3)18(23)25-7/h9-12H,1,13-14H2,2-8H3. The second-order valence-corrected chi connectivity index (χ2v) is 7.83. The lowest BCUT2D eigenvalue weighted by atomic mass is 9.70. The third-order valence-electron chi connectivity index (χ3n) is 4.64. The summed E-state index contributed by atoms with van der Waals surface area (Å²) in [5, 5.41) is 0. The number of nitrogens with zero attached hydrogens (tertiary/aromatic N) is 1.